The third-order valence-corrected chi connectivity index (χ3v) is 0.928. The summed E-state index contributed by atoms with van der Waals surface area (Å²) in [5.41, 5.74) is 6.37. The molecule has 2 nitrogen and oxygen atoms in total. The molecule has 0 atom stereocenters. The number of nitrogens with zero attached hydrogens (tertiary/aromatic N) is 1. The standard InChI is InChI=1S/C7H14N2/c1-3-5-7(8)6-9-4-2/h4,6H,3,5,8H2,1-2H3/b7-6-,9-4-. The van der Waals surface area contributed by atoms with Crippen LogP contribution in [0.1, 0.15) is 26.7 Å². The van der Waals surface area contributed by atoms with Crippen molar-refractivity contribution in [1.29, 1.82) is 0 Å². The van der Waals surface area contributed by atoms with E-state index in [2.05, 4.69) is 11.9 Å². The Balaban J connectivity index is 3.55. The van der Waals surface area contributed by atoms with Crippen molar-refractivity contribution in [2.24, 2.45) is 10.7 Å². The van der Waals surface area contributed by atoms with Crippen LogP contribution in [-0.4, -0.2) is 6.21 Å². The molecular weight excluding hydrogens is 112 g/mol. The Morgan fingerprint density at radius 3 is 2.78 bits per heavy atom. The van der Waals surface area contributed by atoms with Crippen molar-refractivity contribution < 1.29 is 0 Å². The molecule has 52 valence electrons. The van der Waals surface area contributed by atoms with Gasteiger partial charge in [-0.1, -0.05) is 13.3 Å². The van der Waals surface area contributed by atoms with Crippen LogP contribution in [0.4, 0.5) is 0 Å². The summed E-state index contributed by atoms with van der Waals surface area (Å²) in [4.78, 5) is 3.88. The summed E-state index contributed by atoms with van der Waals surface area (Å²) in [5.74, 6) is 0. The predicted molar refractivity (Wildman–Crippen MR) is 41.3 cm³/mol. The Morgan fingerprint density at radius 1 is 1.67 bits per heavy atom. The zero-order chi connectivity index (χ0) is 7.11. The van der Waals surface area contributed by atoms with Gasteiger partial charge >= 0.3 is 0 Å². The highest BCUT2D eigenvalue weighted by atomic mass is 14.7. The molecule has 0 fully saturated rings. The smallest absolute Gasteiger partial charge is 0.0451 e. The van der Waals surface area contributed by atoms with Crippen LogP contribution in [0.25, 0.3) is 0 Å². The van der Waals surface area contributed by atoms with Crippen molar-refractivity contribution in [3.63, 3.8) is 0 Å². The van der Waals surface area contributed by atoms with E-state index in [1.807, 2.05) is 6.92 Å². The van der Waals surface area contributed by atoms with Gasteiger partial charge in [-0.25, -0.2) is 0 Å². The third-order valence-electron chi connectivity index (χ3n) is 0.928. The molecule has 9 heavy (non-hydrogen) atoms. The first-order valence-electron chi connectivity index (χ1n) is 3.23. The van der Waals surface area contributed by atoms with E-state index in [0.717, 1.165) is 18.5 Å². The summed E-state index contributed by atoms with van der Waals surface area (Å²) in [7, 11) is 0. The van der Waals surface area contributed by atoms with Crippen LogP contribution in [0.2, 0.25) is 0 Å². The maximum absolute atomic E-state index is 5.52. The van der Waals surface area contributed by atoms with Crippen LogP contribution in [0.3, 0.4) is 0 Å². The maximum Gasteiger partial charge on any atom is 0.0451 e. The number of allylic oxidation sites excluding steroid dienone is 1. The van der Waals surface area contributed by atoms with E-state index in [0.29, 0.717) is 0 Å². The summed E-state index contributed by atoms with van der Waals surface area (Å²) in [6.07, 6.45) is 5.45. The lowest BCUT2D eigenvalue weighted by Gasteiger charge is -1.92. The maximum atomic E-state index is 5.52. The lowest BCUT2D eigenvalue weighted by atomic mass is 10.3. The van der Waals surface area contributed by atoms with E-state index in [1.54, 1.807) is 12.4 Å². The van der Waals surface area contributed by atoms with Gasteiger partial charge in [0.2, 0.25) is 0 Å². The molecule has 0 amide bonds. The molecule has 0 spiro atoms. The summed E-state index contributed by atoms with van der Waals surface area (Å²) >= 11 is 0. The second kappa shape index (κ2) is 5.35. The fraction of sp³-hybridized carbons (Fsp3) is 0.571. The molecule has 0 aromatic rings. The molecule has 0 aromatic heterocycles. The van der Waals surface area contributed by atoms with Crippen LogP contribution in [-0.2, 0) is 0 Å². The molecule has 0 radical (unpaired) electrons. The second-order valence-electron chi connectivity index (χ2n) is 1.86. The number of nitrogens with two attached hydrogens (primary N) is 1. The summed E-state index contributed by atoms with van der Waals surface area (Å²) < 4.78 is 0. The third kappa shape index (κ3) is 5.07. The monoisotopic (exact) mass is 126 g/mol. The zero-order valence-corrected chi connectivity index (χ0v) is 6.09. The largest absolute Gasteiger partial charge is 0.401 e. The van der Waals surface area contributed by atoms with Crippen molar-refractivity contribution in [3.05, 3.63) is 11.9 Å². The van der Waals surface area contributed by atoms with Gasteiger partial charge < -0.3 is 5.73 Å². The minimum absolute atomic E-state index is 0.857. The first-order chi connectivity index (χ1) is 4.31. The van der Waals surface area contributed by atoms with E-state index in [1.165, 1.54) is 0 Å². The molecule has 0 aromatic carbocycles. The van der Waals surface area contributed by atoms with Gasteiger partial charge in [0, 0.05) is 18.1 Å². The van der Waals surface area contributed by atoms with Crippen LogP contribution < -0.4 is 5.73 Å². The van der Waals surface area contributed by atoms with Gasteiger partial charge in [0.25, 0.3) is 0 Å². The number of rotatable bonds is 3. The summed E-state index contributed by atoms with van der Waals surface area (Å²) in [5, 5.41) is 0. The van der Waals surface area contributed by atoms with Crippen LogP contribution >= 0.6 is 0 Å². The van der Waals surface area contributed by atoms with E-state index in [4.69, 9.17) is 5.73 Å². The lowest BCUT2D eigenvalue weighted by molar-refractivity contribution is 0.889. The Bertz CT molecular complexity index is 114. The van der Waals surface area contributed by atoms with Gasteiger partial charge in [0.1, 0.15) is 0 Å². The molecule has 0 rings (SSSR count). The van der Waals surface area contributed by atoms with Crippen LogP contribution in [0.15, 0.2) is 16.9 Å². The Labute approximate surface area is 56.5 Å². The fourth-order valence-electron chi connectivity index (χ4n) is 0.523. The van der Waals surface area contributed by atoms with Gasteiger partial charge in [-0.3, -0.25) is 4.99 Å². The van der Waals surface area contributed by atoms with E-state index >= 15 is 0 Å². The quantitative estimate of drug-likeness (QED) is 0.574. The Morgan fingerprint density at radius 2 is 2.33 bits per heavy atom. The molecule has 2 heteroatoms. The highest BCUT2D eigenvalue weighted by molar-refractivity contribution is 5.54. The summed E-state index contributed by atoms with van der Waals surface area (Å²) in [6, 6.07) is 0. The highest BCUT2D eigenvalue weighted by Gasteiger charge is 1.82. The van der Waals surface area contributed by atoms with Gasteiger partial charge in [0.15, 0.2) is 0 Å². The van der Waals surface area contributed by atoms with Crippen molar-refractivity contribution in [2.45, 2.75) is 26.7 Å². The number of hydrogen-bond donors (Lipinski definition) is 1. The highest BCUT2D eigenvalue weighted by Crippen LogP contribution is 1.95. The minimum Gasteiger partial charge on any atom is -0.401 e. The van der Waals surface area contributed by atoms with Gasteiger partial charge in [0.05, 0.1) is 0 Å². The predicted octanol–water partition coefficient (Wildman–Crippen LogP) is 1.68. The average molecular weight is 126 g/mol. The minimum atomic E-state index is 0.857. The number of hydrogen-bond acceptors (Lipinski definition) is 2. The molecule has 0 saturated heterocycles. The van der Waals surface area contributed by atoms with E-state index in [-0.39, 0.29) is 0 Å². The average Bonchev–Trinajstić information content (AvgIpc) is 1.85. The molecule has 0 aliphatic carbocycles. The van der Waals surface area contributed by atoms with Gasteiger partial charge in [-0.2, -0.15) is 0 Å². The topological polar surface area (TPSA) is 38.4 Å². The molecule has 0 aliphatic heterocycles. The number of aliphatic imine (C=N–C) groups is 1. The van der Waals surface area contributed by atoms with E-state index < -0.39 is 0 Å². The van der Waals surface area contributed by atoms with Crippen molar-refractivity contribution in [3.8, 4) is 0 Å². The molecule has 0 heterocycles. The molecule has 0 saturated carbocycles. The second-order valence-corrected chi connectivity index (χ2v) is 1.86. The first kappa shape index (κ1) is 8.21. The van der Waals surface area contributed by atoms with Crippen LogP contribution in [0.5, 0.6) is 0 Å². The van der Waals surface area contributed by atoms with Crippen molar-refractivity contribution in [1.82, 2.24) is 0 Å². The Hall–Kier alpha value is -0.790. The SMILES string of the molecule is C/C=N\C=C(/N)CCC. The first-order valence-corrected chi connectivity index (χ1v) is 3.23. The van der Waals surface area contributed by atoms with Crippen LogP contribution in [0, 0.1) is 0 Å². The molecule has 0 unspecified atom stereocenters. The fourth-order valence-corrected chi connectivity index (χ4v) is 0.523. The normalized spacial score (nSPS) is 12.9. The van der Waals surface area contributed by atoms with Crippen molar-refractivity contribution >= 4 is 6.21 Å². The molecular formula is C7H14N2. The van der Waals surface area contributed by atoms with Gasteiger partial charge in [-0.05, 0) is 13.3 Å². The lowest BCUT2D eigenvalue weighted by Crippen LogP contribution is -1.94. The van der Waals surface area contributed by atoms with E-state index in [9.17, 15) is 0 Å². The molecule has 0 aliphatic rings. The Kier molecular flexibility index (Phi) is 4.88. The molecule has 0 bridgehead atoms. The summed E-state index contributed by atoms with van der Waals surface area (Å²) in [6.45, 7) is 3.96. The van der Waals surface area contributed by atoms with Crippen molar-refractivity contribution in [2.75, 3.05) is 0 Å². The molecule has 2 N–H and O–H groups in total. The van der Waals surface area contributed by atoms with Gasteiger partial charge in [-0.15, -0.1) is 0 Å². The zero-order valence-electron chi connectivity index (χ0n) is 6.09.